The average molecular weight is 1340 g/mol. The molecule has 0 spiro atoms. The lowest BCUT2D eigenvalue weighted by atomic mass is 10.0. The fourth-order valence-electron chi connectivity index (χ4n) is 15.8. The molecule has 0 unspecified atom stereocenters. The van der Waals surface area contributed by atoms with Crippen LogP contribution in [0.1, 0.15) is 0 Å². The molecule has 0 atom stereocenters. The van der Waals surface area contributed by atoms with Crippen molar-refractivity contribution in [2.24, 2.45) is 0 Å². The molecule has 0 bridgehead atoms. The highest BCUT2D eigenvalue weighted by atomic mass is 32.1. The molecule has 0 aliphatic heterocycles. The first-order valence-electron chi connectivity index (χ1n) is 34.4. The molecule has 8 aromatic heterocycles. The second-order valence-corrected chi connectivity index (χ2v) is 28.1. The van der Waals surface area contributed by atoms with Crippen molar-refractivity contribution in [3.8, 4) is 68.3 Å². The number of para-hydroxylation sites is 6. The Morgan fingerprint density at radius 3 is 1.11 bits per heavy atom. The molecule has 0 aliphatic rings. The number of aromatic nitrogens is 8. The number of nitrogens with zero attached hydrogens (tertiary/aromatic N) is 8. The first-order valence-corrected chi connectivity index (χ1v) is 36.0. The Kier molecular flexibility index (Phi) is 13.2. The van der Waals surface area contributed by atoms with Gasteiger partial charge < -0.3 is 9.13 Å². The van der Waals surface area contributed by atoms with Gasteiger partial charge in [0.25, 0.3) is 0 Å². The topological polar surface area (TPSA) is 71.3 Å². The van der Waals surface area contributed by atoms with Gasteiger partial charge in [-0.05, 0) is 91.0 Å². The van der Waals surface area contributed by atoms with Gasteiger partial charge in [-0.15, -0.1) is 22.7 Å². The van der Waals surface area contributed by atoms with E-state index in [0.29, 0.717) is 11.9 Å². The van der Waals surface area contributed by atoms with E-state index in [1.54, 1.807) is 0 Å². The summed E-state index contributed by atoms with van der Waals surface area (Å²) in [5.74, 6) is 1.30. The highest BCUT2D eigenvalue weighted by Gasteiger charge is 2.26. The van der Waals surface area contributed by atoms with Gasteiger partial charge in [0.2, 0.25) is 11.9 Å². The van der Waals surface area contributed by atoms with Gasteiger partial charge in [0, 0.05) is 117 Å². The van der Waals surface area contributed by atoms with Crippen molar-refractivity contribution in [1.82, 2.24) is 38.2 Å². The lowest BCUT2D eigenvalue weighted by molar-refractivity contribution is 0.996. The molecule has 10 heteroatoms. The van der Waals surface area contributed by atoms with Gasteiger partial charge in [0.05, 0.1) is 66.9 Å². The maximum atomic E-state index is 5.45. The molecule has 0 amide bonds. The molecule has 0 N–H and O–H groups in total. The van der Waals surface area contributed by atoms with Gasteiger partial charge in [-0.2, -0.15) is 0 Å². The molecule has 0 saturated heterocycles. The van der Waals surface area contributed by atoms with Gasteiger partial charge in [0.15, 0.2) is 0 Å². The summed E-state index contributed by atoms with van der Waals surface area (Å²) in [6.45, 7) is 0. The summed E-state index contributed by atoms with van der Waals surface area (Å²) in [4.78, 5) is 21.5. The van der Waals surface area contributed by atoms with E-state index in [2.05, 4.69) is 352 Å². The van der Waals surface area contributed by atoms with Crippen molar-refractivity contribution in [1.29, 1.82) is 0 Å². The zero-order valence-electron chi connectivity index (χ0n) is 54.7. The summed E-state index contributed by atoms with van der Waals surface area (Å²) in [7, 11) is 0. The van der Waals surface area contributed by atoms with Crippen LogP contribution in [0.5, 0.6) is 0 Å². The minimum absolute atomic E-state index is 0.649. The minimum Gasteiger partial charge on any atom is -0.309 e. The molecule has 0 aliphatic carbocycles. The van der Waals surface area contributed by atoms with Crippen LogP contribution in [-0.4, -0.2) is 38.2 Å². The average Bonchev–Trinajstić information content (AvgIpc) is 1.55. The molecular formula is C92H56N8S2. The smallest absolute Gasteiger partial charge is 0.235 e. The quantitative estimate of drug-likeness (QED) is 0.152. The highest BCUT2D eigenvalue weighted by Crippen LogP contribution is 2.47. The van der Waals surface area contributed by atoms with Gasteiger partial charge in [0.1, 0.15) is 0 Å². The van der Waals surface area contributed by atoms with Crippen LogP contribution in [0.2, 0.25) is 0 Å². The first-order chi connectivity index (χ1) is 50.6. The zero-order valence-corrected chi connectivity index (χ0v) is 56.4. The Hall–Kier alpha value is -13.1. The number of fused-ring (bicyclic) bond motifs is 20. The summed E-state index contributed by atoms with van der Waals surface area (Å²) in [6.07, 6.45) is 0. The van der Waals surface area contributed by atoms with Crippen LogP contribution in [0.15, 0.2) is 340 Å². The van der Waals surface area contributed by atoms with E-state index in [-0.39, 0.29) is 0 Å². The normalized spacial score (nSPS) is 11.9. The van der Waals surface area contributed by atoms with Crippen LogP contribution in [0, 0.1) is 0 Å². The lowest BCUT2D eigenvalue weighted by Crippen LogP contribution is -2.04. The van der Waals surface area contributed by atoms with E-state index in [9.17, 15) is 0 Å². The largest absolute Gasteiger partial charge is 0.309 e. The van der Waals surface area contributed by atoms with Crippen LogP contribution in [0.4, 0.5) is 0 Å². The molecule has 0 fully saturated rings. The van der Waals surface area contributed by atoms with Crippen LogP contribution < -0.4 is 0 Å². The lowest BCUT2D eigenvalue weighted by Gasteiger charge is -2.12. The van der Waals surface area contributed by atoms with E-state index in [0.717, 1.165) is 78.5 Å². The molecule has 102 heavy (non-hydrogen) atoms. The standard InChI is InChI=1S/2C46H28N4S/c1-3-14-29(15-4-1)37-28-38(35-22-13-21-34-32-19-9-12-25-42(32)51-45(34)35)48-46(47-37)50-40-24-11-8-20-36(40)43-41(50)27-26-33-31-18-7-10-23-39(31)49(44(33)43)30-16-5-2-6-17-30;1-3-13-29(14-4-1)37-28-38(30-23-24-34-33-18-9-12-22-42(33)51-43(34)27-30)48-46(47-37)50-40-21-11-8-19-36(40)44-41(50)26-25-35-32-17-7-10-20-39(32)49(45(35)44)31-15-5-2-6-16-31/h2*1-28H. The van der Waals surface area contributed by atoms with Gasteiger partial charge in [-0.3, -0.25) is 9.13 Å². The monoisotopic (exact) mass is 1340 g/mol. The van der Waals surface area contributed by atoms with Crippen molar-refractivity contribution < 1.29 is 0 Å². The first kappa shape index (κ1) is 57.9. The third-order valence-corrected chi connectivity index (χ3v) is 22.6. The summed E-state index contributed by atoms with van der Waals surface area (Å²) in [5, 5.41) is 14.7. The Morgan fingerprint density at radius 1 is 0.216 bits per heavy atom. The summed E-state index contributed by atoms with van der Waals surface area (Å²) in [5.41, 5.74) is 19.1. The fraction of sp³-hybridized carbons (Fsp3) is 0. The van der Waals surface area contributed by atoms with Crippen LogP contribution >= 0.6 is 22.7 Å². The van der Waals surface area contributed by atoms with E-state index in [1.807, 2.05) is 28.7 Å². The molecule has 22 aromatic rings. The highest BCUT2D eigenvalue weighted by molar-refractivity contribution is 7.26. The Bertz CT molecular complexity index is 7120. The number of thiophene rings is 2. The van der Waals surface area contributed by atoms with E-state index >= 15 is 0 Å². The predicted octanol–water partition coefficient (Wildman–Crippen LogP) is 24.7. The van der Waals surface area contributed by atoms with E-state index < -0.39 is 0 Å². The van der Waals surface area contributed by atoms with Crippen molar-refractivity contribution >= 4 is 150 Å². The Labute approximate surface area is 592 Å². The van der Waals surface area contributed by atoms with Crippen LogP contribution in [0.25, 0.3) is 196 Å². The number of hydrogen-bond acceptors (Lipinski definition) is 6. The zero-order chi connectivity index (χ0) is 66.9. The van der Waals surface area contributed by atoms with Gasteiger partial charge in [-0.1, -0.05) is 249 Å². The van der Waals surface area contributed by atoms with Crippen molar-refractivity contribution in [2.45, 2.75) is 0 Å². The number of hydrogen-bond donors (Lipinski definition) is 0. The SMILES string of the molecule is c1ccc(-c2cc(-c3ccc4c(c3)sc3ccccc34)nc(-n3c4ccccc4c4c3ccc3c5ccccc5n(-c5ccccc5)c34)n2)cc1.c1ccc(-c2cc(-c3cccc4c3sc3ccccc34)nc(-n3c4ccccc4c4c3ccc3c5ccccc5n(-c5ccccc5)c34)n2)cc1. The minimum atomic E-state index is 0.649. The Morgan fingerprint density at radius 2 is 0.588 bits per heavy atom. The Balaban J connectivity index is 0.000000133. The van der Waals surface area contributed by atoms with Crippen LogP contribution in [0.3, 0.4) is 0 Å². The third-order valence-electron chi connectivity index (χ3n) is 20.3. The molecule has 8 heterocycles. The molecule has 476 valence electrons. The van der Waals surface area contributed by atoms with Crippen molar-refractivity contribution in [3.05, 3.63) is 340 Å². The predicted molar refractivity (Wildman–Crippen MR) is 429 cm³/mol. The van der Waals surface area contributed by atoms with Crippen molar-refractivity contribution in [2.75, 3.05) is 0 Å². The maximum Gasteiger partial charge on any atom is 0.235 e. The molecule has 14 aromatic carbocycles. The van der Waals surface area contributed by atoms with E-state index in [4.69, 9.17) is 19.9 Å². The van der Waals surface area contributed by atoms with E-state index in [1.165, 1.54) is 106 Å². The fourth-order valence-corrected chi connectivity index (χ4v) is 18.2. The molecule has 8 nitrogen and oxygen atoms in total. The van der Waals surface area contributed by atoms with Crippen LogP contribution in [-0.2, 0) is 0 Å². The number of rotatable bonds is 8. The summed E-state index contributed by atoms with van der Waals surface area (Å²) >= 11 is 3.65. The summed E-state index contributed by atoms with van der Waals surface area (Å²) in [6, 6.07) is 121. The second-order valence-electron chi connectivity index (χ2n) is 26.0. The second kappa shape index (κ2) is 23.3. The molecular weight excluding hydrogens is 1280 g/mol. The molecule has 22 rings (SSSR count). The summed E-state index contributed by atoms with van der Waals surface area (Å²) < 4.78 is 14.4. The van der Waals surface area contributed by atoms with Gasteiger partial charge >= 0.3 is 0 Å². The maximum absolute atomic E-state index is 5.45. The number of benzene rings is 14. The third kappa shape index (κ3) is 9.06. The van der Waals surface area contributed by atoms with Gasteiger partial charge in [-0.25, -0.2) is 19.9 Å². The molecule has 0 saturated carbocycles. The van der Waals surface area contributed by atoms with Crippen molar-refractivity contribution in [3.63, 3.8) is 0 Å². The molecule has 0 radical (unpaired) electrons.